The van der Waals surface area contributed by atoms with Crippen molar-refractivity contribution >= 4 is 0 Å². The predicted octanol–water partition coefficient (Wildman–Crippen LogP) is 3.19. The number of aromatic hydroxyl groups is 3. The highest BCUT2D eigenvalue weighted by molar-refractivity contribution is 5.42. The van der Waals surface area contributed by atoms with Crippen molar-refractivity contribution in [2.45, 2.75) is 40.4 Å². The molecule has 294 valence electrons. The van der Waals surface area contributed by atoms with Crippen molar-refractivity contribution in [3.05, 3.63) is 139 Å². The van der Waals surface area contributed by atoms with Crippen LogP contribution in [0.5, 0.6) is 35.3 Å². The first-order chi connectivity index (χ1) is 27.7. The van der Waals surface area contributed by atoms with Crippen LogP contribution in [0.2, 0.25) is 0 Å². The van der Waals surface area contributed by atoms with Crippen LogP contribution in [0.15, 0.2) is 105 Å². The summed E-state index contributed by atoms with van der Waals surface area (Å²) in [6.07, 6.45) is 0. The Bertz CT molecular complexity index is 2390. The van der Waals surface area contributed by atoms with Crippen molar-refractivity contribution in [2.24, 2.45) is 0 Å². The maximum Gasteiger partial charge on any atom is 0.341 e. The molecule has 0 aliphatic heterocycles. The van der Waals surface area contributed by atoms with Crippen LogP contribution in [0.3, 0.4) is 0 Å². The monoisotopic (exact) mass is 777 g/mol. The highest BCUT2D eigenvalue weighted by atomic mass is 16.5. The fourth-order valence-corrected chi connectivity index (χ4v) is 6.28. The van der Waals surface area contributed by atoms with Gasteiger partial charge in [0, 0.05) is 0 Å². The van der Waals surface area contributed by atoms with Gasteiger partial charge < -0.3 is 29.5 Å². The second kappa shape index (κ2) is 16.1. The van der Waals surface area contributed by atoms with E-state index in [-0.39, 0.29) is 57.1 Å². The Hall–Kier alpha value is -7.50. The summed E-state index contributed by atoms with van der Waals surface area (Å²) in [6, 6.07) is 26.9. The van der Waals surface area contributed by atoms with E-state index < -0.39 is 52.6 Å². The normalized spacial score (nSPS) is 11.2. The molecule has 0 amide bonds. The molecule has 0 saturated carbocycles. The summed E-state index contributed by atoms with van der Waals surface area (Å²) in [4.78, 5) is 55.9. The van der Waals surface area contributed by atoms with Gasteiger partial charge in [0.2, 0.25) is 17.8 Å². The van der Waals surface area contributed by atoms with Crippen LogP contribution in [0.25, 0.3) is 17.8 Å². The van der Waals surface area contributed by atoms with E-state index in [0.29, 0.717) is 30.4 Å². The predicted molar refractivity (Wildman–Crippen MR) is 206 cm³/mol. The molecule has 18 nitrogen and oxygen atoms in total. The SMILES string of the molecule is CCOc1c(O)n(-c2nc(-n3c(O)c(OCC)n(Cc4ccccc4)c3=O)nc(-n3c(O)c(OCC)n(Cc4ccccc4)c3=O)n2)c(=O)n1Cc1ccccc1. The molecule has 0 aliphatic rings. The first kappa shape index (κ1) is 37.8. The minimum atomic E-state index is -0.857. The average Bonchev–Trinajstić information content (AvgIpc) is 3.69. The first-order valence-corrected chi connectivity index (χ1v) is 18.1. The lowest BCUT2D eigenvalue weighted by Crippen LogP contribution is -2.30. The zero-order chi connectivity index (χ0) is 40.2. The number of aromatic nitrogens is 9. The van der Waals surface area contributed by atoms with Crippen LogP contribution in [0.1, 0.15) is 37.5 Å². The van der Waals surface area contributed by atoms with Crippen molar-refractivity contribution in [3.63, 3.8) is 0 Å². The van der Waals surface area contributed by atoms with E-state index in [2.05, 4.69) is 15.0 Å². The number of rotatable bonds is 15. The van der Waals surface area contributed by atoms with Gasteiger partial charge in [-0.1, -0.05) is 91.0 Å². The molecule has 3 N–H and O–H groups in total. The first-order valence-electron chi connectivity index (χ1n) is 18.1. The molecule has 3 aromatic carbocycles. The molecule has 0 fully saturated rings. The van der Waals surface area contributed by atoms with Crippen molar-refractivity contribution in [1.82, 2.24) is 42.4 Å². The van der Waals surface area contributed by atoms with E-state index in [0.717, 1.165) is 13.7 Å². The molecule has 0 unspecified atom stereocenters. The number of benzene rings is 3. The lowest BCUT2D eigenvalue weighted by molar-refractivity contribution is 0.289. The third kappa shape index (κ3) is 7.10. The second-order valence-electron chi connectivity index (χ2n) is 12.5. The van der Waals surface area contributed by atoms with Crippen molar-refractivity contribution < 1.29 is 29.5 Å². The molecule has 18 heteroatoms. The van der Waals surface area contributed by atoms with Gasteiger partial charge in [0.1, 0.15) is 0 Å². The van der Waals surface area contributed by atoms with Gasteiger partial charge in [0.05, 0.1) is 39.5 Å². The fraction of sp³-hybridized carbons (Fsp3) is 0.231. The molecule has 0 atom stereocenters. The molecule has 0 bridgehead atoms. The molecule has 0 aliphatic carbocycles. The van der Waals surface area contributed by atoms with Gasteiger partial charge >= 0.3 is 17.1 Å². The number of nitrogens with zero attached hydrogens (tertiary/aromatic N) is 9. The minimum absolute atomic E-state index is 0.0268. The summed E-state index contributed by atoms with van der Waals surface area (Å²) in [5.41, 5.74) is -0.463. The topological polar surface area (TPSA) is 208 Å². The molecule has 0 radical (unpaired) electrons. The summed E-state index contributed by atoms with van der Waals surface area (Å²) < 4.78 is 22.8. The third-order valence-corrected chi connectivity index (χ3v) is 8.81. The second-order valence-corrected chi connectivity index (χ2v) is 12.5. The smallest absolute Gasteiger partial charge is 0.341 e. The van der Waals surface area contributed by atoms with Gasteiger partial charge in [0.15, 0.2) is 0 Å². The Morgan fingerprint density at radius 2 is 0.684 bits per heavy atom. The van der Waals surface area contributed by atoms with E-state index in [1.807, 2.05) is 18.2 Å². The van der Waals surface area contributed by atoms with E-state index in [9.17, 15) is 29.7 Å². The molecule has 0 saturated heterocycles. The Morgan fingerprint density at radius 3 is 0.912 bits per heavy atom. The Balaban J connectivity index is 1.50. The number of imidazole rings is 3. The summed E-state index contributed by atoms with van der Waals surface area (Å²) in [7, 11) is 0. The van der Waals surface area contributed by atoms with E-state index in [4.69, 9.17) is 14.2 Å². The van der Waals surface area contributed by atoms with Gasteiger partial charge in [-0.15, -0.1) is 0 Å². The van der Waals surface area contributed by atoms with Gasteiger partial charge in [-0.2, -0.15) is 28.7 Å². The Morgan fingerprint density at radius 1 is 0.439 bits per heavy atom. The zero-order valence-electron chi connectivity index (χ0n) is 31.2. The van der Waals surface area contributed by atoms with E-state index >= 15 is 0 Å². The molecule has 4 aromatic heterocycles. The largest absolute Gasteiger partial charge is 0.490 e. The Kier molecular flexibility index (Phi) is 10.7. The fourth-order valence-electron chi connectivity index (χ4n) is 6.28. The maximum absolute atomic E-state index is 14.2. The molecular formula is C39H39N9O9. The lowest BCUT2D eigenvalue weighted by Gasteiger charge is -2.09. The molecule has 0 spiro atoms. The van der Waals surface area contributed by atoms with Crippen LogP contribution in [0, 0.1) is 0 Å². The summed E-state index contributed by atoms with van der Waals surface area (Å²) in [5, 5.41) is 34.8. The number of hydrogen-bond acceptors (Lipinski definition) is 12. The van der Waals surface area contributed by atoms with Gasteiger partial charge in [-0.05, 0) is 37.5 Å². The van der Waals surface area contributed by atoms with Crippen molar-refractivity contribution in [3.8, 4) is 53.1 Å². The third-order valence-electron chi connectivity index (χ3n) is 8.81. The van der Waals surface area contributed by atoms with Crippen LogP contribution >= 0.6 is 0 Å². The van der Waals surface area contributed by atoms with Gasteiger partial charge in [-0.25, -0.2) is 14.4 Å². The molecule has 57 heavy (non-hydrogen) atoms. The number of ether oxygens (including phenoxy) is 3. The van der Waals surface area contributed by atoms with Crippen LogP contribution in [-0.2, 0) is 19.6 Å². The zero-order valence-corrected chi connectivity index (χ0v) is 31.2. The van der Waals surface area contributed by atoms with Crippen molar-refractivity contribution in [1.29, 1.82) is 0 Å². The van der Waals surface area contributed by atoms with E-state index in [1.165, 1.54) is 0 Å². The summed E-state index contributed by atoms with van der Waals surface area (Å²) in [5.74, 6) is -4.53. The molecular weight excluding hydrogens is 738 g/mol. The van der Waals surface area contributed by atoms with Crippen LogP contribution < -0.4 is 31.3 Å². The van der Waals surface area contributed by atoms with E-state index in [1.54, 1.807) is 93.6 Å². The molecule has 7 rings (SSSR count). The highest BCUT2D eigenvalue weighted by Crippen LogP contribution is 2.32. The maximum atomic E-state index is 14.2. The molecule has 4 heterocycles. The quantitative estimate of drug-likeness (QED) is 0.137. The van der Waals surface area contributed by atoms with Crippen LogP contribution in [-0.4, -0.2) is 77.5 Å². The Labute approximate surface area is 323 Å². The van der Waals surface area contributed by atoms with Crippen molar-refractivity contribution in [2.75, 3.05) is 19.8 Å². The highest BCUT2D eigenvalue weighted by Gasteiger charge is 2.31. The standard InChI is InChI=1S/C39H39N9O9/c1-4-55-31-28(49)46(37(52)43(31)22-25-16-10-7-11-17-25)34-40-35(47-29(50)32(56-5-2)44(38(47)53)23-26-18-12-8-13-19-26)42-36(41-34)48-30(51)33(57-6-3)45(39(48)54)24-27-20-14-9-15-21-27/h7-21,49-51H,4-6,22-24H2,1-3H3. The summed E-state index contributed by atoms with van der Waals surface area (Å²) >= 11 is 0. The summed E-state index contributed by atoms with van der Waals surface area (Å²) in [6.45, 7) is 5.13. The lowest BCUT2D eigenvalue weighted by atomic mass is 10.2. The molecule has 7 aromatic rings. The van der Waals surface area contributed by atoms with Gasteiger partial charge in [-0.3, -0.25) is 13.7 Å². The minimum Gasteiger partial charge on any atom is -0.490 e. The van der Waals surface area contributed by atoms with Crippen LogP contribution in [0.4, 0.5) is 0 Å². The number of hydrogen-bond donors (Lipinski definition) is 3. The average molecular weight is 778 g/mol. The van der Waals surface area contributed by atoms with Gasteiger partial charge in [0.25, 0.3) is 35.3 Å².